The van der Waals surface area contributed by atoms with Crippen molar-refractivity contribution in [2.75, 3.05) is 24.0 Å². The molecule has 2 nitrogen and oxygen atoms in total. The number of nitrogens with zero attached hydrogens (tertiary/aromatic N) is 1. The highest BCUT2D eigenvalue weighted by atomic mass is 32.2. The van der Waals surface area contributed by atoms with Crippen LogP contribution in [-0.4, -0.2) is 25.1 Å². The molecule has 0 fully saturated rings. The first-order valence-electron chi connectivity index (χ1n) is 5.63. The largest absolute Gasteiger partial charge is 0.371 e. The van der Waals surface area contributed by atoms with E-state index in [0.717, 1.165) is 5.75 Å². The van der Waals surface area contributed by atoms with Crippen molar-refractivity contribution in [3.8, 4) is 0 Å². The van der Waals surface area contributed by atoms with Crippen LogP contribution < -0.4 is 10.6 Å². The standard InChI is InChI=1S/C13H22N2S/c1-10(9-16-4)15(3)13-7-5-12(6-8-13)11(2)14/h5-8,10-11H,9,14H2,1-4H3. The fourth-order valence-corrected chi connectivity index (χ4v) is 2.33. The second-order valence-electron chi connectivity index (χ2n) is 4.30. The molecule has 90 valence electrons. The van der Waals surface area contributed by atoms with Gasteiger partial charge < -0.3 is 10.6 Å². The molecule has 1 rings (SSSR count). The maximum Gasteiger partial charge on any atom is 0.0366 e. The summed E-state index contributed by atoms with van der Waals surface area (Å²) in [6.45, 7) is 4.25. The predicted molar refractivity (Wildman–Crippen MR) is 75.3 cm³/mol. The van der Waals surface area contributed by atoms with Crippen molar-refractivity contribution in [2.24, 2.45) is 5.73 Å². The van der Waals surface area contributed by atoms with Crippen LogP contribution in [0.2, 0.25) is 0 Å². The van der Waals surface area contributed by atoms with E-state index >= 15 is 0 Å². The molecule has 0 heterocycles. The molecule has 0 aromatic heterocycles. The van der Waals surface area contributed by atoms with E-state index in [4.69, 9.17) is 5.73 Å². The van der Waals surface area contributed by atoms with E-state index in [1.165, 1.54) is 11.3 Å². The van der Waals surface area contributed by atoms with Crippen molar-refractivity contribution in [2.45, 2.75) is 25.9 Å². The molecule has 2 unspecified atom stereocenters. The molecule has 1 aromatic rings. The van der Waals surface area contributed by atoms with Gasteiger partial charge in [0.05, 0.1) is 0 Å². The van der Waals surface area contributed by atoms with Gasteiger partial charge in [-0.15, -0.1) is 0 Å². The maximum absolute atomic E-state index is 5.83. The summed E-state index contributed by atoms with van der Waals surface area (Å²) in [6.07, 6.45) is 2.14. The molecular formula is C13H22N2S. The number of thioether (sulfide) groups is 1. The third-order valence-electron chi connectivity index (χ3n) is 2.90. The van der Waals surface area contributed by atoms with Gasteiger partial charge >= 0.3 is 0 Å². The third kappa shape index (κ3) is 3.42. The van der Waals surface area contributed by atoms with Gasteiger partial charge in [-0.1, -0.05) is 12.1 Å². The van der Waals surface area contributed by atoms with Gasteiger partial charge in [0.1, 0.15) is 0 Å². The summed E-state index contributed by atoms with van der Waals surface area (Å²) in [6, 6.07) is 9.19. The summed E-state index contributed by atoms with van der Waals surface area (Å²) in [5.74, 6) is 1.14. The van der Waals surface area contributed by atoms with Crippen LogP contribution in [0.15, 0.2) is 24.3 Å². The number of hydrogen-bond donors (Lipinski definition) is 1. The minimum absolute atomic E-state index is 0.114. The molecule has 0 aliphatic heterocycles. The molecule has 3 heteroatoms. The molecule has 0 saturated heterocycles. The Bertz CT molecular complexity index is 308. The molecule has 0 aliphatic carbocycles. The fraction of sp³-hybridized carbons (Fsp3) is 0.538. The van der Waals surface area contributed by atoms with Crippen molar-refractivity contribution < 1.29 is 0 Å². The Labute approximate surface area is 103 Å². The van der Waals surface area contributed by atoms with Crippen LogP contribution in [0.3, 0.4) is 0 Å². The molecule has 0 amide bonds. The highest BCUT2D eigenvalue weighted by Gasteiger charge is 2.09. The molecular weight excluding hydrogens is 216 g/mol. The molecule has 1 aromatic carbocycles. The maximum atomic E-state index is 5.83. The normalized spacial score (nSPS) is 14.6. The van der Waals surface area contributed by atoms with E-state index in [2.05, 4.69) is 49.4 Å². The Kier molecular flexibility index (Phi) is 5.16. The van der Waals surface area contributed by atoms with Gasteiger partial charge in [-0.3, -0.25) is 0 Å². The van der Waals surface area contributed by atoms with Crippen molar-refractivity contribution in [3.05, 3.63) is 29.8 Å². The van der Waals surface area contributed by atoms with Crippen LogP contribution in [0.25, 0.3) is 0 Å². The predicted octanol–water partition coefficient (Wildman–Crippen LogP) is 2.89. The zero-order valence-corrected chi connectivity index (χ0v) is 11.4. The minimum Gasteiger partial charge on any atom is -0.371 e. The van der Waals surface area contributed by atoms with Crippen LogP contribution in [-0.2, 0) is 0 Å². The van der Waals surface area contributed by atoms with Crippen molar-refractivity contribution in [1.82, 2.24) is 0 Å². The van der Waals surface area contributed by atoms with Crippen molar-refractivity contribution in [3.63, 3.8) is 0 Å². The molecule has 0 saturated carbocycles. The monoisotopic (exact) mass is 238 g/mol. The van der Waals surface area contributed by atoms with E-state index in [0.29, 0.717) is 6.04 Å². The van der Waals surface area contributed by atoms with Crippen LogP contribution in [0, 0.1) is 0 Å². The Morgan fingerprint density at radius 1 is 1.25 bits per heavy atom. The molecule has 16 heavy (non-hydrogen) atoms. The first-order valence-corrected chi connectivity index (χ1v) is 7.03. The molecule has 0 spiro atoms. The Balaban J connectivity index is 2.73. The molecule has 0 radical (unpaired) electrons. The van der Waals surface area contributed by atoms with Gasteiger partial charge in [-0.2, -0.15) is 11.8 Å². The summed E-state index contributed by atoms with van der Waals surface area (Å²) in [5.41, 5.74) is 8.28. The lowest BCUT2D eigenvalue weighted by molar-refractivity contribution is 0.763. The van der Waals surface area contributed by atoms with Gasteiger partial charge in [0.25, 0.3) is 0 Å². The quantitative estimate of drug-likeness (QED) is 0.855. The average Bonchev–Trinajstić information content (AvgIpc) is 2.28. The van der Waals surface area contributed by atoms with E-state index < -0.39 is 0 Å². The second-order valence-corrected chi connectivity index (χ2v) is 5.21. The highest BCUT2D eigenvalue weighted by Crippen LogP contribution is 2.19. The van der Waals surface area contributed by atoms with E-state index in [-0.39, 0.29) is 6.04 Å². The van der Waals surface area contributed by atoms with Crippen LogP contribution in [0.1, 0.15) is 25.5 Å². The number of benzene rings is 1. The smallest absolute Gasteiger partial charge is 0.0366 e. The van der Waals surface area contributed by atoms with Crippen molar-refractivity contribution in [1.29, 1.82) is 0 Å². The second kappa shape index (κ2) is 6.16. The highest BCUT2D eigenvalue weighted by molar-refractivity contribution is 7.98. The summed E-state index contributed by atoms with van der Waals surface area (Å²) < 4.78 is 0. The summed E-state index contributed by atoms with van der Waals surface area (Å²) in [4.78, 5) is 2.31. The van der Waals surface area contributed by atoms with E-state index in [1.54, 1.807) is 0 Å². The van der Waals surface area contributed by atoms with Gasteiger partial charge in [-0.05, 0) is 37.8 Å². The van der Waals surface area contributed by atoms with Gasteiger partial charge in [0.15, 0.2) is 0 Å². The number of rotatable bonds is 5. The first-order chi connectivity index (χ1) is 7.56. The fourth-order valence-electron chi connectivity index (χ4n) is 1.62. The zero-order valence-electron chi connectivity index (χ0n) is 10.6. The van der Waals surface area contributed by atoms with E-state index in [9.17, 15) is 0 Å². The molecule has 0 aliphatic rings. The van der Waals surface area contributed by atoms with Crippen molar-refractivity contribution >= 4 is 17.4 Å². The lowest BCUT2D eigenvalue weighted by atomic mass is 10.1. The summed E-state index contributed by atoms with van der Waals surface area (Å²) in [7, 11) is 2.14. The summed E-state index contributed by atoms with van der Waals surface area (Å²) >= 11 is 1.88. The summed E-state index contributed by atoms with van der Waals surface area (Å²) in [5, 5.41) is 0. The molecule has 2 N–H and O–H groups in total. The number of anilines is 1. The average molecular weight is 238 g/mol. The SMILES string of the molecule is CSCC(C)N(C)c1ccc(C(C)N)cc1. The zero-order chi connectivity index (χ0) is 12.1. The Morgan fingerprint density at radius 2 is 1.81 bits per heavy atom. The number of nitrogens with two attached hydrogens (primary N) is 1. The minimum atomic E-state index is 0.114. The Morgan fingerprint density at radius 3 is 2.25 bits per heavy atom. The molecule has 2 atom stereocenters. The Hall–Kier alpha value is -0.670. The first kappa shape index (κ1) is 13.4. The van der Waals surface area contributed by atoms with Crippen LogP contribution in [0.5, 0.6) is 0 Å². The van der Waals surface area contributed by atoms with Crippen LogP contribution >= 0.6 is 11.8 Å². The molecule has 0 bridgehead atoms. The number of hydrogen-bond acceptors (Lipinski definition) is 3. The van der Waals surface area contributed by atoms with Gasteiger partial charge in [-0.25, -0.2) is 0 Å². The third-order valence-corrected chi connectivity index (χ3v) is 3.71. The topological polar surface area (TPSA) is 29.3 Å². The van der Waals surface area contributed by atoms with Gasteiger partial charge in [0.2, 0.25) is 0 Å². The van der Waals surface area contributed by atoms with E-state index in [1.807, 2.05) is 18.7 Å². The van der Waals surface area contributed by atoms with Crippen LogP contribution in [0.4, 0.5) is 5.69 Å². The lowest BCUT2D eigenvalue weighted by Gasteiger charge is -2.26. The van der Waals surface area contributed by atoms with Gasteiger partial charge in [0, 0.05) is 30.6 Å². The lowest BCUT2D eigenvalue weighted by Crippen LogP contribution is -2.30.